The quantitative estimate of drug-likeness (QED) is 0.563. The Hall–Kier alpha value is -2.02. The lowest BCUT2D eigenvalue weighted by Crippen LogP contribution is -2.10. The van der Waals surface area contributed by atoms with Gasteiger partial charge in [0.05, 0.1) is 11.4 Å². The third-order valence-corrected chi connectivity index (χ3v) is 2.13. The third-order valence-electron chi connectivity index (χ3n) is 2.13. The van der Waals surface area contributed by atoms with Gasteiger partial charge in [-0.05, 0) is 23.1 Å². The van der Waals surface area contributed by atoms with E-state index in [4.69, 9.17) is 0 Å². The van der Waals surface area contributed by atoms with Crippen LogP contribution in [0.15, 0.2) is 28.2 Å². The molecule has 0 radical (unpaired) electrons. The molecule has 0 fully saturated rings. The summed E-state index contributed by atoms with van der Waals surface area (Å²) in [5.41, 5.74) is 1.68. The lowest BCUT2D eigenvalue weighted by molar-refractivity contribution is 0.564. The number of hydrogen-bond donors (Lipinski definition) is 0. The summed E-state index contributed by atoms with van der Waals surface area (Å²) in [6.45, 7) is 6.03. The minimum absolute atomic E-state index is 0.140. The summed E-state index contributed by atoms with van der Waals surface area (Å²) in [5.74, 6) is 0. The summed E-state index contributed by atoms with van der Waals surface area (Å²) in [4.78, 5) is 27.5. The van der Waals surface area contributed by atoms with E-state index in [0.29, 0.717) is 11.4 Å². The Labute approximate surface area is 93.7 Å². The van der Waals surface area contributed by atoms with Gasteiger partial charge < -0.3 is 0 Å². The zero-order valence-corrected chi connectivity index (χ0v) is 9.44. The van der Waals surface area contributed by atoms with Crippen LogP contribution in [-0.2, 0) is 15.0 Å². The molecule has 0 amide bonds. The first-order valence-electron chi connectivity index (χ1n) is 4.79. The fourth-order valence-corrected chi connectivity index (χ4v) is 1.42. The van der Waals surface area contributed by atoms with Crippen molar-refractivity contribution in [3.05, 3.63) is 23.8 Å². The highest BCUT2D eigenvalue weighted by molar-refractivity contribution is 5.63. The van der Waals surface area contributed by atoms with Crippen LogP contribution in [0.3, 0.4) is 0 Å². The Morgan fingerprint density at radius 2 is 1.69 bits per heavy atom. The molecule has 0 aliphatic carbocycles. The van der Waals surface area contributed by atoms with Gasteiger partial charge in [-0.15, -0.1) is 0 Å². The molecule has 0 heterocycles. The Bertz CT molecular complexity index is 488. The molecule has 0 atom stereocenters. The maximum atomic E-state index is 10.3. The SMILES string of the molecule is CC(C)(C)c1ccc(N=C=O)cc1N=C=O. The van der Waals surface area contributed by atoms with Gasteiger partial charge in [0.15, 0.2) is 0 Å². The van der Waals surface area contributed by atoms with Crippen LogP contribution in [0, 0.1) is 0 Å². The molecule has 0 N–H and O–H groups in total. The van der Waals surface area contributed by atoms with E-state index in [1.165, 1.54) is 12.2 Å². The van der Waals surface area contributed by atoms with Gasteiger partial charge in [0.25, 0.3) is 0 Å². The first-order chi connectivity index (χ1) is 7.49. The van der Waals surface area contributed by atoms with E-state index in [2.05, 4.69) is 9.98 Å². The smallest absolute Gasteiger partial charge is 0.211 e. The average molecular weight is 216 g/mol. The summed E-state index contributed by atoms with van der Waals surface area (Å²) in [6, 6.07) is 5.05. The maximum absolute atomic E-state index is 10.3. The minimum atomic E-state index is -0.140. The first kappa shape index (κ1) is 12.1. The second-order valence-corrected chi connectivity index (χ2v) is 4.36. The van der Waals surface area contributed by atoms with E-state index in [0.717, 1.165) is 5.56 Å². The van der Waals surface area contributed by atoms with Crippen LogP contribution in [0.25, 0.3) is 0 Å². The number of aliphatic imine (C=N–C) groups is 2. The number of hydrogen-bond acceptors (Lipinski definition) is 4. The van der Waals surface area contributed by atoms with E-state index in [1.54, 1.807) is 18.2 Å². The van der Waals surface area contributed by atoms with Gasteiger partial charge in [0.2, 0.25) is 12.2 Å². The van der Waals surface area contributed by atoms with Crippen LogP contribution in [0.4, 0.5) is 11.4 Å². The Balaban J connectivity index is 3.41. The van der Waals surface area contributed by atoms with Crippen molar-refractivity contribution in [3.63, 3.8) is 0 Å². The first-order valence-corrected chi connectivity index (χ1v) is 4.79. The topological polar surface area (TPSA) is 58.9 Å². The molecule has 0 aliphatic heterocycles. The molecule has 0 aliphatic rings. The average Bonchev–Trinajstić information content (AvgIpc) is 2.17. The van der Waals surface area contributed by atoms with Crippen molar-refractivity contribution < 1.29 is 9.59 Å². The molecular formula is C12H12N2O2. The van der Waals surface area contributed by atoms with Gasteiger partial charge in [0, 0.05) is 0 Å². The van der Waals surface area contributed by atoms with Crippen molar-refractivity contribution in [2.24, 2.45) is 9.98 Å². The fraction of sp³-hybridized carbons (Fsp3) is 0.333. The molecule has 0 spiro atoms. The second kappa shape index (κ2) is 4.67. The molecule has 0 aromatic heterocycles. The van der Waals surface area contributed by atoms with Crippen LogP contribution in [0.1, 0.15) is 26.3 Å². The van der Waals surface area contributed by atoms with Gasteiger partial charge in [-0.3, -0.25) is 0 Å². The molecule has 1 aromatic rings. The van der Waals surface area contributed by atoms with E-state index in [-0.39, 0.29) is 5.41 Å². The van der Waals surface area contributed by atoms with Crippen molar-refractivity contribution in [3.8, 4) is 0 Å². The number of rotatable bonds is 2. The van der Waals surface area contributed by atoms with Crippen molar-refractivity contribution in [2.45, 2.75) is 26.2 Å². The van der Waals surface area contributed by atoms with E-state index in [1.807, 2.05) is 20.8 Å². The summed E-state index contributed by atoms with van der Waals surface area (Å²) in [6.07, 6.45) is 2.95. The molecule has 82 valence electrons. The number of nitrogens with zero attached hydrogens (tertiary/aromatic N) is 2. The predicted octanol–water partition coefficient (Wildman–Crippen LogP) is 2.92. The Kier molecular flexibility index (Phi) is 3.51. The highest BCUT2D eigenvalue weighted by Gasteiger charge is 2.18. The van der Waals surface area contributed by atoms with Crippen molar-refractivity contribution in [1.82, 2.24) is 0 Å². The van der Waals surface area contributed by atoms with E-state index >= 15 is 0 Å². The van der Waals surface area contributed by atoms with E-state index < -0.39 is 0 Å². The Morgan fingerprint density at radius 3 is 2.19 bits per heavy atom. The lowest BCUT2D eigenvalue weighted by Gasteiger charge is -2.20. The monoisotopic (exact) mass is 216 g/mol. The van der Waals surface area contributed by atoms with E-state index in [9.17, 15) is 9.59 Å². The number of carbonyl (C=O) groups excluding carboxylic acids is 2. The molecule has 16 heavy (non-hydrogen) atoms. The number of benzene rings is 1. The molecular weight excluding hydrogens is 204 g/mol. The van der Waals surface area contributed by atoms with Crippen LogP contribution in [0.2, 0.25) is 0 Å². The third kappa shape index (κ3) is 2.74. The molecule has 1 rings (SSSR count). The van der Waals surface area contributed by atoms with Crippen molar-refractivity contribution in [2.75, 3.05) is 0 Å². The zero-order valence-electron chi connectivity index (χ0n) is 9.44. The minimum Gasteiger partial charge on any atom is -0.211 e. The van der Waals surface area contributed by atoms with Crippen LogP contribution < -0.4 is 0 Å². The maximum Gasteiger partial charge on any atom is 0.240 e. The van der Waals surface area contributed by atoms with Crippen molar-refractivity contribution >= 4 is 23.5 Å². The molecule has 0 saturated heterocycles. The fourth-order valence-electron chi connectivity index (χ4n) is 1.42. The normalized spacial score (nSPS) is 10.2. The highest BCUT2D eigenvalue weighted by atomic mass is 16.1. The summed E-state index contributed by atoms with van der Waals surface area (Å²) >= 11 is 0. The second-order valence-electron chi connectivity index (χ2n) is 4.36. The van der Waals surface area contributed by atoms with Crippen LogP contribution in [-0.4, -0.2) is 12.2 Å². The molecule has 0 saturated carbocycles. The summed E-state index contributed by atoms with van der Waals surface area (Å²) in [7, 11) is 0. The van der Waals surface area contributed by atoms with Gasteiger partial charge in [0.1, 0.15) is 0 Å². The van der Waals surface area contributed by atoms with Crippen molar-refractivity contribution in [1.29, 1.82) is 0 Å². The largest absolute Gasteiger partial charge is 0.240 e. The predicted molar refractivity (Wildman–Crippen MR) is 60.7 cm³/mol. The van der Waals surface area contributed by atoms with Gasteiger partial charge in [-0.25, -0.2) is 9.59 Å². The van der Waals surface area contributed by atoms with Gasteiger partial charge in [-0.2, -0.15) is 9.98 Å². The Morgan fingerprint density at radius 1 is 1.06 bits per heavy atom. The molecule has 4 heteroatoms. The summed E-state index contributed by atoms with van der Waals surface area (Å²) in [5, 5.41) is 0. The molecule has 1 aromatic carbocycles. The zero-order chi connectivity index (χ0) is 12.2. The highest BCUT2D eigenvalue weighted by Crippen LogP contribution is 2.33. The summed E-state index contributed by atoms with van der Waals surface area (Å²) < 4.78 is 0. The molecule has 0 unspecified atom stereocenters. The van der Waals surface area contributed by atoms with Gasteiger partial charge in [-0.1, -0.05) is 26.8 Å². The standard InChI is InChI=1S/C12H12N2O2/c1-12(2,3)10-5-4-9(13-7-15)6-11(10)14-8-16/h4-6H,1-3H3. The van der Waals surface area contributed by atoms with Crippen LogP contribution >= 0.6 is 0 Å². The lowest BCUT2D eigenvalue weighted by atomic mass is 9.86. The molecule has 4 nitrogen and oxygen atoms in total. The van der Waals surface area contributed by atoms with Crippen LogP contribution in [0.5, 0.6) is 0 Å². The van der Waals surface area contributed by atoms with Gasteiger partial charge >= 0.3 is 0 Å². The number of isocyanates is 2. The molecule has 0 bridgehead atoms.